The Bertz CT molecular complexity index is 587. The normalized spacial score (nSPS) is 11.9. The topological polar surface area (TPSA) is 54.9 Å². The highest BCUT2D eigenvalue weighted by Crippen LogP contribution is 2.13. The Balaban J connectivity index is 2.09. The summed E-state index contributed by atoms with van der Waals surface area (Å²) in [6.45, 7) is 1.24. The molecule has 0 heterocycles. The number of hydrogen-bond donors (Lipinski definition) is 2. The zero-order chi connectivity index (χ0) is 15.8. The Kier molecular flexibility index (Phi) is 6.06. The molecule has 0 bridgehead atoms. The first-order chi connectivity index (χ1) is 10.7. The number of quaternary nitrogens is 1. The number of hydrogen-bond acceptors (Lipinski definition) is 2. The van der Waals surface area contributed by atoms with Crippen LogP contribution in [-0.2, 0) is 9.53 Å². The highest BCUT2D eigenvalue weighted by atomic mass is 19.1. The first kappa shape index (κ1) is 16.1. The van der Waals surface area contributed by atoms with E-state index in [2.05, 4.69) is 5.32 Å². The van der Waals surface area contributed by atoms with Gasteiger partial charge in [0.15, 0.2) is 6.04 Å². The number of amides is 1. The van der Waals surface area contributed by atoms with Crippen molar-refractivity contribution in [2.75, 3.05) is 25.6 Å². The van der Waals surface area contributed by atoms with E-state index in [1.807, 2.05) is 35.6 Å². The number of anilines is 1. The summed E-state index contributed by atoms with van der Waals surface area (Å²) in [5.41, 5.74) is 1.49. The Labute approximate surface area is 129 Å². The molecule has 0 aliphatic heterocycles. The minimum absolute atomic E-state index is 0.145. The van der Waals surface area contributed by atoms with Crippen molar-refractivity contribution in [2.24, 2.45) is 0 Å². The summed E-state index contributed by atoms with van der Waals surface area (Å²) in [6.07, 6.45) is 0. The van der Waals surface area contributed by atoms with Crippen molar-refractivity contribution in [3.05, 3.63) is 66.0 Å². The van der Waals surface area contributed by atoms with E-state index in [9.17, 15) is 9.18 Å². The van der Waals surface area contributed by atoms with Crippen molar-refractivity contribution in [3.63, 3.8) is 0 Å². The van der Waals surface area contributed by atoms with Crippen LogP contribution in [0.2, 0.25) is 0 Å². The van der Waals surface area contributed by atoms with Gasteiger partial charge in [-0.05, 0) is 24.3 Å². The highest BCUT2D eigenvalue weighted by Gasteiger charge is 2.23. The molecule has 2 aromatic rings. The van der Waals surface area contributed by atoms with Crippen LogP contribution in [0.4, 0.5) is 10.1 Å². The molecule has 0 fully saturated rings. The molecule has 3 N–H and O–H groups in total. The van der Waals surface area contributed by atoms with Crippen molar-refractivity contribution in [1.82, 2.24) is 0 Å². The van der Waals surface area contributed by atoms with E-state index in [1.165, 1.54) is 12.1 Å². The largest absolute Gasteiger partial charge is 0.379 e. The molecule has 0 aliphatic carbocycles. The molecule has 0 aromatic heterocycles. The standard InChI is InChI=1S/C17H19FN2O2/c1-22-12-11-19-16(13-5-3-2-4-6-13)17(21)20-15-9-7-14(18)8-10-15/h2-10,16,19H,11-12H2,1H3,(H,20,21)/p+1/t16-/m0/s1. The molecule has 2 aromatic carbocycles. The average molecular weight is 303 g/mol. The summed E-state index contributed by atoms with van der Waals surface area (Å²) in [7, 11) is 1.63. The predicted molar refractivity (Wildman–Crippen MR) is 82.9 cm³/mol. The molecular weight excluding hydrogens is 283 g/mol. The second kappa shape index (κ2) is 8.26. The fourth-order valence-electron chi connectivity index (χ4n) is 2.16. The molecule has 2 rings (SSSR count). The molecule has 5 heteroatoms. The van der Waals surface area contributed by atoms with Crippen LogP contribution >= 0.6 is 0 Å². The van der Waals surface area contributed by atoms with E-state index in [4.69, 9.17) is 4.74 Å². The molecule has 1 amide bonds. The molecule has 0 saturated heterocycles. The summed E-state index contributed by atoms with van der Waals surface area (Å²) >= 11 is 0. The van der Waals surface area contributed by atoms with Crippen LogP contribution in [0.1, 0.15) is 11.6 Å². The van der Waals surface area contributed by atoms with Gasteiger partial charge in [0.2, 0.25) is 0 Å². The highest BCUT2D eigenvalue weighted by molar-refractivity contribution is 5.94. The van der Waals surface area contributed by atoms with Crippen LogP contribution < -0.4 is 10.6 Å². The van der Waals surface area contributed by atoms with Crippen LogP contribution in [0.3, 0.4) is 0 Å². The van der Waals surface area contributed by atoms with E-state index in [0.717, 1.165) is 5.56 Å². The van der Waals surface area contributed by atoms with Gasteiger partial charge in [-0.3, -0.25) is 4.79 Å². The van der Waals surface area contributed by atoms with Crippen molar-refractivity contribution in [1.29, 1.82) is 0 Å². The molecule has 116 valence electrons. The SMILES string of the molecule is COCC[NH2+][C@H](C(=O)Nc1ccc(F)cc1)c1ccccc1. The third-order valence-electron chi connectivity index (χ3n) is 3.28. The third-order valence-corrected chi connectivity index (χ3v) is 3.28. The number of halogens is 1. The molecule has 4 nitrogen and oxygen atoms in total. The Morgan fingerprint density at radius 1 is 1.18 bits per heavy atom. The van der Waals surface area contributed by atoms with Crippen LogP contribution in [-0.4, -0.2) is 26.2 Å². The monoisotopic (exact) mass is 303 g/mol. The number of methoxy groups -OCH3 is 1. The lowest BCUT2D eigenvalue weighted by atomic mass is 10.1. The number of carbonyl (C=O) groups is 1. The third kappa shape index (κ3) is 4.65. The maximum absolute atomic E-state index is 12.9. The minimum atomic E-state index is -0.374. The summed E-state index contributed by atoms with van der Waals surface area (Å²) in [5, 5.41) is 4.75. The van der Waals surface area contributed by atoms with Crippen LogP contribution in [0, 0.1) is 5.82 Å². The number of nitrogens with two attached hydrogens (primary N) is 1. The average Bonchev–Trinajstić information content (AvgIpc) is 2.54. The number of rotatable bonds is 7. The van der Waals surface area contributed by atoms with Gasteiger partial charge < -0.3 is 15.4 Å². The second-order valence-electron chi connectivity index (χ2n) is 4.90. The molecule has 1 atom stereocenters. The smallest absolute Gasteiger partial charge is 0.287 e. The minimum Gasteiger partial charge on any atom is -0.379 e. The quantitative estimate of drug-likeness (QED) is 0.765. The van der Waals surface area contributed by atoms with E-state index >= 15 is 0 Å². The summed E-state index contributed by atoms with van der Waals surface area (Å²) in [6, 6.07) is 14.9. The zero-order valence-electron chi connectivity index (χ0n) is 12.5. The predicted octanol–water partition coefficient (Wildman–Crippen LogP) is 1.72. The van der Waals surface area contributed by atoms with Crippen molar-refractivity contribution < 1.29 is 19.2 Å². The Morgan fingerprint density at radius 2 is 1.86 bits per heavy atom. The van der Waals surface area contributed by atoms with E-state index in [1.54, 1.807) is 19.2 Å². The van der Waals surface area contributed by atoms with Crippen molar-refractivity contribution >= 4 is 11.6 Å². The first-order valence-corrected chi connectivity index (χ1v) is 7.14. The fourth-order valence-corrected chi connectivity index (χ4v) is 2.16. The van der Waals surface area contributed by atoms with Crippen LogP contribution in [0.25, 0.3) is 0 Å². The molecule has 0 spiro atoms. The van der Waals surface area contributed by atoms with Gasteiger partial charge in [-0.1, -0.05) is 30.3 Å². The van der Waals surface area contributed by atoms with Crippen molar-refractivity contribution in [3.8, 4) is 0 Å². The Hall–Kier alpha value is -2.24. The van der Waals surface area contributed by atoms with E-state index in [0.29, 0.717) is 18.8 Å². The van der Waals surface area contributed by atoms with Gasteiger partial charge in [-0.25, -0.2) is 4.39 Å². The number of carbonyl (C=O) groups excluding carboxylic acids is 1. The van der Waals surface area contributed by atoms with Crippen molar-refractivity contribution in [2.45, 2.75) is 6.04 Å². The molecular formula is C17H20FN2O2+. The molecule has 22 heavy (non-hydrogen) atoms. The van der Waals surface area contributed by atoms with Crippen LogP contribution in [0.5, 0.6) is 0 Å². The van der Waals surface area contributed by atoms with Gasteiger partial charge in [0.1, 0.15) is 12.4 Å². The zero-order valence-corrected chi connectivity index (χ0v) is 12.5. The summed E-state index contributed by atoms with van der Waals surface area (Å²) in [4.78, 5) is 12.5. The van der Waals surface area contributed by atoms with E-state index in [-0.39, 0.29) is 17.8 Å². The maximum atomic E-state index is 12.9. The first-order valence-electron chi connectivity index (χ1n) is 7.14. The van der Waals surface area contributed by atoms with Gasteiger partial charge in [0, 0.05) is 18.4 Å². The molecule has 0 saturated carbocycles. The molecule has 0 radical (unpaired) electrons. The van der Waals surface area contributed by atoms with Gasteiger partial charge in [0.25, 0.3) is 5.91 Å². The summed E-state index contributed by atoms with van der Waals surface area (Å²) < 4.78 is 18.0. The number of ether oxygens (including phenoxy) is 1. The van der Waals surface area contributed by atoms with Crippen LogP contribution in [0.15, 0.2) is 54.6 Å². The number of benzene rings is 2. The maximum Gasteiger partial charge on any atom is 0.287 e. The Morgan fingerprint density at radius 3 is 2.50 bits per heavy atom. The fraction of sp³-hybridized carbons (Fsp3) is 0.235. The summed E-state index contributed by atoms with van der Waals surface area (Å²) in [5.74, 6) is -0.474. The number of nitrogens with one attached hydrogen (secondary N) is 1. The van der Waals surface area contributed by atoms with Gasteiger partial charge in [0.05, 0.1) is 6.61 Å². The second-order valence-corrected chi connectivity index (χ2v) is 4.90. The van der Waals surface area contributed by atoms with Gasteiger partial charge in [-0.15, -0.1) is 0 Å². The lowest BCUT2D eigenvalue weighted by molar-refractivity contribution is -0.683. The van der Waals surface area contributed by atoms with Gasteiger partial charge in [-0.2, -0.15) is 0 Å². The van der Waals surface area contributed by atoms with Gasteiger partial charge >= 0.3 is 0 Å². The van der Waals surface area contributed by atoms with E-state index < -0.39 is 0 Å². The molecule has 0 unspecified atom stereocenters. The lowest BCUT2D eigenvalue weighted by Gasteiger charge is -2.16. The molecule has 0 aliphatic rings. The lowest BCUT2D eigenvalue weighted by Crippen LogP contribution is -2.88.